The van der Waals surface area contributed by atoms with E-state index < -0.39 is 33.2 Å². The van der Waals surface area contributed by atoms with Crippen molar-refractivity contribution in [3.8, 4) is 0 Å². The van der Waals surface area contributed by atoms with Gasteiger partial charge in [0.1, 0.15) is 5.82 Å². The Labute approximate surface area is 173 Å². The van der Waals surface area contributed by atoms with E-state index in [9.17, 15) is 22.4 Å². The molecule has 7 nitrogen and oxygen atoms in total. The molecule has 2 amide bonds. The molecule has 0 fully saturated rings. The zero-order chi connectivity index (χ0) is 21.8. The molecule has 2 aromatic carbocycles. The van der Waals surface area contributed by atoms with Crippen LogP contribution in [0.5, 0.6) is 0 Å². The number of rotatable bonds is 7. The fourth-order valence-electron chi connectivity index (χ4n) is 2.47. The first-order chi connectivity index (χ1) is 13.5. The maximum absolute atomic E-state index is 14.2. The van der Waals surface area contributed by atoms with E-state index >= 15 is 0 Å². The molecule has 0 aliphatic heterocycles. The number of benzene rings is 2. The quantitative estimate of drug-likeness (QED) is 0.613. The van der Waals surface area contributed by atoms with Gasteiger partial charge in [0.05, 0.1) is 21.7 Å². The molecule has 10 heteroatoms. The topological polar surface area (TPSA) is 104 Å². The molecule has 0 saturated heterocycles. The second kappa shape index (κ2) is 9.34. The smallest absolute Gasteiger partial charge is 0.258 e. The molecule has 29 heavy (non-hydrogen) atoms. The van der Waals surface area contributed by atoms with Gasteiger partial charge >= 0.3 is 0 Å². The van der Waals surface area contributed by atoms with Gasteiger partial charge in [-0.25, -0.2) is 17.5 Å². The van der Waals surface area contributed by atoms with E-state index in [1.165, 1.54) is 18.2 Å². The van der Waals surface area contributed by atoms with Crippen molar-refractivity contribution in [3.63, 3.8) is 0 Å². The SMILES string of the molecule is CCNS(=O)(=O)c1ccc(F)c(C(=O)Nc2cc(Cl)ccc2C(=O)NC(C)C)c1. The molecule has 0 aliphatic rings. The second-order valence-electron chi connectivity index (χ2n) is 6.42. The van der Waals surface area contributed by atoms with Crippen molar-refractivity contribution in [3.05, 3.63) is 58.4 Å². The zero-order valence-electron chi connectivity index (χ0n) is 16.0. The molecule has 156 valence electrons. The van der Waals surface area contributed by atoms with E-state index in [4.69, 9.17) is 11.6 Å². The van der Waals surface area contributed by atoms with Crippen LogP contribution < -0.4 is 15.4 Å². The third kappa shape index (κ3) is 5.75. The van der Waals surface area contributed by atoms with E-state index in [2.05, 4.69) is 15.4 Å². The molecule has 0 heterocycles. The molecule has 0 aliphatic carbocycles. The van der Waals surface area contributed by atoms with Gasteiger partial charge in [-0.3, -0.25) is 9.59 Å². The molecule has 0 atom stereocenters. The largest absolute Gasteiger partial charge is 0.350 e. The van der Waals surface area contributed by atoms with Crippen molar-refractivity contribution in [2.45, 2.75) is 31.7 Å². The monoisotopic (exact) mass is 441 g/mol. The predicted octanol–water partition coefficient (Wildman–Crippen LogP) is 3.17. The van der Waals surface area contributed by atoms with Crippen molar-refractivity contribution in [1.82, 2.24) is 10.0 Å². The van der Waals surface area contributed by atoms with E-state index in [0.29, 0.717) is 0 Å². The highest BCUT2D eigenvalue weighted by Gasteiger charge is 2.21. The highest BCUT2D eigenvalue weighted by Crippen LogP contribution is 2.23. The summed E-state index contributed by atoms with van der Waals surface area (Å²) in [6.07, 6.45) is 0. The first-order valence-corrected chi connectivity index (χ1v) is 10.6. The molecule has 3 N–H and O–H groups in total. The Morgan fingerprint density at radius 1 is 1.07 bits per heavy atom. The fraction of sp³-hybridized carbons (Fsp3) is 0.263. The average Bonchev–Trinajstić information content (AvgIpc) is 2.61. The molecule has 0 spiro atoms. The summed E-state index contributed by atoms with van der Waals surface area (Å²) in [6.45, 7) is 5.28. The van der Waals surface area contributed by atoms with Crippen molar-refractivity contribution in [2.75, 3.05) is 11.9 Å². The van der Waals surface area contributed by atoms with Crippen molar-refractivity contribution >= 4 is 39.1 Å². The van der Waals surface area contributed by atoms with E-state index in [1.807, 2.05) is 0 Å². The molecule has 2 aromatic rings. The van der Waals surface area contributed by atoms with Crippen LogP contribution in [0.15, 0.2) is 41.3 Å². The van der Waals surface area contributed by atoms with Crippen LogP contribution in [0.4, 0.5) is 10.1 Å². The van der Waals surface area contributed by atoms with Crippen LogP contribution >= 0.6 is 11.6 Å². The fourth-order valence-corrected chi connectivity index (χ4v) is 3.71. The van der Waals surface area contributed by atoms with Crippen LogP contribution in [0.25, 0.3) is 0 Å². The molecule has 0 unspecified atom stereocenters. The molecule has 0 saturated carbocycles. The summed E-state index contributed by atoms with van der Waals surface area (Å²) < 4.78 is 40.8. The summed E-state index contributed by atoms with van der Waals surface area (Å²) >= 11 is 5.96. The Bertz CT molecular complexity index is 1040. The highest BCUT2D eigenvalue weighted by atomic mass is 35.5. The Balaban J connectivity index is 2.41. The number of hydrogen-bond acceptors (Lipinski definition) is 4. The predicted molar refractivity (Wildman–Crippen MR) is 109 cm³/mol. The lowest BCUT2D eigenvalue weighted by Gasteiger charge is -2.14. The highest BCUT2D eigenvalue weighted by molar-refractivity contribution is 7.89. The van der Waals surface area contributed by atoms with Crippen LogP contribution in [0.3, 0.4) is 0 Å². The summed E-state index contributed by atoms with van der Waals surface area (Å²) in [5.74, 6) is -2.28. The van der Waals surface area contributed by atoms with Gasteiger partial charge < -0.3 is 10.6 Å². The zero-order valence-corrected chi connectivity index (χ0v) is 17.6. The lowest BCUT2D eigenvalue weighted by molar-refractivity contribution is 0.0944. The van der Waals surface area contributed by atoms with Gasteiger partial charge in [-0.2, -0.15) is 0 Å². The van der Waals surface area contributed by atoms with Gasteiger partial charge in [-0.1, -0.05) is 18.5 Å². The number of hydrogen-bond donors (Lipinski definition) is 3. The Kier molecular flexibility index (Phi) is 7.34. The summed E-state index contributed by atoms with van der Waals surface area (Å²) in [5.41, 5.74) is -0.285. The number of carbonyl (C=O) groups is 2. The van der Waals surface area contributed by atoms with E-state index in [-0.39, 0.29) is 33.8 Å². The molecule has 2 rings (SSSR count). The molecular formula is C19H21ClFN3O4S. The minimum atomic E-state index is -3.88. The average molecular weight is 442 g/mol. The minimum Gasteiger partial charge on any atom is -0.350 e. The number of sulfonamides is 1. The van der Waals surface area contributed by atoms with E-state index in [0.717, 1.165) is 18.2 Å². The van der Waals surface area contributed by atoms with Crippen LogP contribution in [-0.2, 0) is 10.0 Å². The van der Waals surface area contributed by atoms with Crippen LogP contribution in [0.2, 0.25) is 5.02 Å². The van der Waals surface area contributed by atoms with Crippen LogP contribution in [-0.4, -0.2) is 32.8 Å². The third-order valence-corrected chi connectivity index (χ3v) is 5.50. The summed E-state index contributed by atoms with van der Waals surface area (Å²) in [5, 5.41) is 5.38. The lowest BCUT2D eigenvalue weighted by atomic mass is 10.1. The molecule has 0 bridgehead atoms. The number of carbonyl (C=O) groups excluding carboxylic acids is 2. The maximum atomic E-state index is 14.2. The second-order valence-corrected chi connectivity index (χ2v) is 8.62. The number of anilines is 1. The van der Waals surface area contributed by atoms with E-state index in [1.54, 1.807) is 20.8 Å². The molecule has 0 radical (unpaired) electrons. The van der Waals surface area contributed by atoms with Gasteiger partial charge in [-0.05, 0) is 50.2 Å². The van der Waals surface area contributed by atoms with Gasteiger partial charge in [0.25, 0.3) is 11.8 Å². The first-order valence-electron chi connectivity index (χ1n) is 8.76. The number of nitrogens with one attached hydrogen (secondary N) is 3. The van der Waals surface area contributed by atoms with Crippen LogP contribution in [0.1, 0.15) is 41.5 Å². The molecule has 0 aromatic heterocycles. The van der Waals surface area contributed by atoms with Gasteiger partial charge in [-0.15, -0.1) is 0 Å². The van der Waals surface area contributed by atoms with Gasteiger partial charge in [0.2, 0.25) is 10.0 Å². The first kappa shape index (κ1) is 22.8. The van der Waals surface area contributed by atoms with Crippen LogP contribution in [0, 0.1) is 5.82 Å². The number of amides is 2. The van der Waals surface area contributed by atoms with Gasteiger partial charge in [0.15, 0.2) is 0 Å². The third-order valence-electron chi connectivity index (χ3n) is 3.72. The van der Waals surface area contributed by atoms with Crippen molar-refractivity contribution in [2.24, 2.45) is 0 Å². The summed E-state index contributed by atoms with van der Waals surface area (Å²) in [6, 6.07) is 7.00. The van der Waals surface area contributed by atoms with Crippen molar-refractivity contribution < 1.29 is 22.4 Å². The lowest BCUT2D eigenvalue weighted by Crippen LogP contribution is -2.31. The maximum Gasteiger partial charge on any atom is 0.258 e. The summed E-state index contributed by atoms with van der Waals surface area (Å²) in [7, 11) is -3.88. The Morgan fingerprint density at radius 2 is 1.76 bits per heavy atom. The van der Waals surface area contributed by atoms with Crippen molar-refractivity contribution in [1.29, 1.82) is 0 Å². The molecular weight excluding hydrogens is 421 g/mol. The Hall–Kier alpha value is -2.49. The summed E-state index contributed by atoms with van der Waals surface area (Å²) in [4.78, 5) is 24.7. The minimum absolute atomic E-state index is 0.0694. The standard InChI is InChI=1S/C19H21ClFN3O4S/c1-4-22-29(27,28)13-6-8-16(21)15(10-13)19(26)24-17-9-12(20)5-7-14(17)18(25)23-11(2)3/h5-11,22H,4H2,1-3H3,(H,23,25)(H,24,26). The Morgan fingerprint density at radius 3 is 2.38 bits per heavy atom. The van der Waals surface area contributed by atoms with Gasteiger partial charge in [0, 0.05) is 17.6 Å². The normalized spacial score (nSPS) is 11.4. The number of halogens is 2.